The molecule has 1 aromatic carbocycles. The van der Waals surface area contributed by atoms with Crippen LogP contribution in [0.2, 0.25) is 0 Å². The number of benzene rings is 1. The smallest absolute Gasteiger partial charge is 0.211 e. The number of likely N-dealkylation sites (tertiary alicyclic amines) is 1. The molecule has 0 aromatic heterocycles. The fourth-order valence-electron chi connectivity index (χ4n) is 4.68. The zero-order valence-electron chi connectivity index (χ0n) is 24.0. The molecular weight excluding hydrogens is 294 g/mol. The van der Waals surface area contributed by atoms with Crippen molar-refractivity contribution in [3.8, 4) is 11.5 Å². The molecule has 122 valence electrons. The molecule has 4 atom stereocenters. The van der Waals surface area contributed by atoms with Gasteiger partial charge in [-0.2, -0.15) is 0 Å². The lowest BCUT2D eigenvalue weighted by atomic mass is 9.49. The predicted octanol–water partition coefficient (Wildman–Crippen LogP) is 1.05. The Morgan fingerprint density at radius 2 is 2.61 bits per heavy atom. The van der Waals surface area contributed by atoms with E-state index in [2.05, 4.69) is 0 Å². The summed E-state index contributed by atoms with van der Waals surface area (Å²) in [4.78, 5) is 14.5. The Morgan fingerprint density at radius 3 is 3.43 bits per heavy atom. The van der Waals surface area contributed by atoms with Crippen LogP contribution in [-0.2, 0) is 16.6 Å². The number of likely N-dealkylation sites (N-methyl/N-ethyl adjacent to an activating group) is 1. The van der Waals surface area contributed by atoms with Crippen molar-refractivity contribution >= 4 is 5.78 Å². The number of ketones is 1. The van der Waals surface area contributed by atoms with Gasteiger partial charge in [0.15, 0.2) is 23.4 Å². The van der Waals surface area contributed by atoms with Crippen LogP contribution in [0.3, 0.4) is 0 Å². The highest BCUT2D eigenvalue weighted by molar-refractivity contribution is 5.90. The Morgan fingerprint density at radius 1 is 1.65 bits per heavy atom. The van der Waals surface area contributed by atoms with Crippen LogP contribution >= 0.6 is 0 Å². The second-order valence-electron chi connectivity index (χ2n) is 6.44. The van der Waals surface area contributed by atoms with Crippen LogP contribution in [-0.4, -0.2) is 55.5 Å². The summed E-state index contributed by atoms with van der Waals surface area (Å²) in [5.74, 6) is -2.46. The van der Waals surface area contributed by atoms with E-state index in [0.717, 1.165) is 4.90 Å². The molecule has 0 amide bonds. The minimum Gasteiger partial charge on any atom is -0.493 e. The first kappa shape index (κ1) is 6.37. The molecule has 2 heterocycles. The minimum absolute atomic E-state index is 0.0229. The molecule has 2 aliphatic heterocycles. The topological polar surface area (TPSA) is 59.0 Å². The fraction of sp³-hybridized carbons (Fsp3) is 0.611. The zero-order chi connectivity index (χ0) is 26.1. The Kier molecular flexibility index (Phi) is 1.13. The van der Waals surface area contributed by atoms with E-state index < -0.39 is 79.3 Å². The molecule has 5 rings (SSSR count). The van der Waals surface area contributed by atoms with Gasteiger partial charge < -0.3 is 19.5 Å². The van der Waals surface area contributed by atoms with Gasteiger partial charge in [-0.15, -0.1) is 0 Å². The Labute approximate surface area is 152 Å². The third kappa shape index (κ3) is 1.32. The molecule has 5 nitrogen and oxygen atoms in total. The van der Waals surface area contributed by atoms with Crippen LogP contribution in [0.5, 0.6) is 11.5 Å². The van der Waals surface area contributed by atoms with Gasteiger partial charge in [0.25, 0.3) is 0 Å². The molecule has 1 unspecified atom stereocenters. The first-order chi connectivity index (χ1) is 15.9. The molecule has 4 aliphatic rings. The van der Waals surface area contributed by atoms with E-state index in [1.54, 1.807) is 0 Å². The van der Waals surface area contributed by atoms with Crippen molar-refractivity contribution in [1.82, 2.24) is 4.90 Å². The number of carbonyl (C=O) groups is 1. The lowest BCUT2D eigenvalue weighted by molar-refractivity contribution is -0.185. The Bertz CT molecular complexity index is 1150. The van der Waals surface area contributed by atoms with Crippen molar-refractivity contribution in [3.63, 3.8) is 0 Å². The largest absolute Gasteiger partial charge is 0.493 e. The van der Waals surface area contributed by atoms with Gasteiger partial charge in [0, 0.05) is 24.8 Å². The van der Waals surface area contributed by atoms with Crippen molar-refractivity contribution in [1.29, 1.82) is 1.43 Å². The number of aliphatic hydroxyl groups is 1. The number of carbonyl (C=O) groups excluding carboxylic acids is 1. The van der Waals surface area contributed by atoms with Crippen molar-refractivity contribution in [2.45, 2.75) is 48.8 Å². The highest BCUT2D eigenvalue weighted by Crippen LogP contribution is 2.64. The molecule has 1 spiro atoms. The molecule has 23 heavy (non-hydrogen) atoms. The predicted molar refractivity (Wildman–Crippen MR) is 83.0 cm³/mol. The van der Waals surface area contributed by atoms with Crippen LogP contribution in [0.15, 0.2) is 12.1 Å². The highest BCUT2D eigenvalue weighted by Gasteiger charge is 2.72. The number of ether oxygens (including phenoxy) is 2. The molecule has 5 heteroatoms. The lowest BCUT2D eigenvalue weighted by Crippen LogP contribution is -2.76. The molecule has 1 aromatic rings. The number of hydrogen-bond donors (Lipinski definition) is 1. The highest BCUT2D eigenvalue weighted by atomic mass is 16.5. The number of piperidine rings is 1. The molecular formula is C18H21NO4. The monoisotopic (exact) mass is 327 g/mol. The summed E-state index contributed by atoms with van der Waals surface area (Å²) in [5.41, 5.74) is -4.00. The van der Waals surface area contributed by atoms with Crippen LogP contribution in [0.1, 0.15) is 45.4 Å². The molecule has 1 N–H and O–H groups in total. The average molecular weight is 327 g/mol. The van der Waals surface area contributed by atoms with Crippen molar-refractivity contribution in [2.75, 3.05) is 20.6 Å². The average Bonchev–Trinajstić information content (AvgIpc) is 2.97. The number of hydrogen-bond acceptors (Lipinski definition) is 5. The third-order valence-electron chi connectivity index (χ3n) is 5.66. The van der Waals surface area contributed by atoms with E-state index in [1.807, 2.05) is 0 Å². The van der Waals surface area contributed by atoms with Gasteiger partial charge in [-0.05, 0) is 44.4 Å². The van der Waals surface area contributed by atoms with Gasteiger partial charge in [0.1, 0.15) is 0 Å². The summed E-state index contributed by atoms with van der Waals surface area (Å²) in [6, 6.07) is -2.46. The number of Topliss-reactive ketones (excluding diaryl/α,β-unsaturated/α-hetero) is 1. The summed E-state index contributed by atoms with van der Waals surface area (Å²) < 4.78 is 108. The van der Waals surface area contributed by atoms with E-state index in [9.17, 15) is 6.17 Å². The van der Waals surface area contributed by atoms with Crippen LogP contribution < -0.4 is 9.47 Å². The summed E-state index contributed by atoms with van der Waals surface area (Å²) in [6.45, 7) is -2.91. The van der Waals surface area contributed by atoms with Gasteiger partial charge >= 0.3 is 0 Å². The van der Waals surface area contributed by atoms with Crippen molar-refractivity contribution in [2.24, 2.45) is 0 Å². The van der Waals surface area contributed by atoms with Gasteiger partial charge in [0.2, 0.25) is 1.43 Å². The molecule has 2 fully saturated rings. The van der Waals surface area contributed by atoms with E-state index in [1.165, 1.54) is 0 Å². The standard InChI is InChI=1S/C18H21NO4/c1-19-8-7-17-14-10-3-4-12(22-2)15(14)23-16(17)11(20)5-6-18(17,21)13(19)9-10/h3-4,13,16,21H,5-9H2,1-2H3/t13-,16?,17+,18-/m1/s1/i1D3,2D3,3D,4D,5D2,16D,21D. The number of methoxy groups -OCH3 is 1. The summed E-state index contributed by atoms with van der Waals surface area (Å²) >= 11 is 0. The van der Waals surface area contributed by atoms with Gasteiger partial charge in [-0.3, -0.25) is 4.79 Å². The van der Waals surface area contributed by atoms with E-state index >= 15 is 0 Å². The molecule has 1 saturated heterocycles. The van der Waals surface area contributed by atoms with Crippen molar-refractivity contribution < 1.29 is 34.5 Å². The number of nitrogens with zero attached hydrogens (tertiary/aromatic N) is 1. The van der Waals surface area contributed by atoms with Gasteiger partial charge in [-0.25, -0.2) is 0 Å². The lowest BCUT2D eigenvalue weighted by Gasteiger charge is -2.62. The Hall–Kier alpha value is -1.59. The quantitative estimate of drug-likeness (QED) is 0.880. The van der Waals surface area contributed by atoms with E-state index in [-0.39, 0.29) is 30.5 Å². The van der Waals surface area contributed by atoms with E-state index in [4.69, 9.17) is 29.7 Å². The minimum atomic E-state index is -3.08. The first-order valence-corrected chi connectivity index (χ1v) is 7.38. The summed E-state index contributed by atoms with van der Waals surface area (Å²) in [6.07, 6.45) is -6.90. The second-order valence-corrected chi connectivity index (χ2v) is 6.44. The zero-order valence-corrected chi connectivity index (χ0v) is 12.0. The van der Waals surface area contributed by atoms with Crippen LogP contribution in [0.25, 0.3) is 0 Å². The maximum atomic E-state index is 13.4. The van der Waals surface area contributed by atoms with Crippen LogP contribution in [0, 0.1) is 0 Å². The van der Waals surface area contributed by atoms with Gasteiger partial charge in [0.05, 0.1) is 26.3 Å². The SMILES string of the molecule is [2H]O[C@@]12CC([2H])([2H])C(=O)C3([2H])Oc4c(OC([2H])([2H])[2H])c([2H])c([2H])c5c4[C@@]31CCN(C([2H])([2H])[2H])[C@@H]2C5. The Balaban J connectivity index is 1.92. The molecule has 2 bridgehead atoms. The maximum absolute atomic E-state index is 13.4. The van der Waals surface area contributed by atoms with Crippen LogP contribution in [0.4, 0.5) is 0 Å². The fourth-order valence-corrected chi connectivity index (χ4v) is 4.68. The van der Waals surface area contributed by atoms with Crippen molar-refractivity contribution in [3.05, 3.63) is 23.2 Å². The maximum Gasteiger partial charge on any atom is 0.211 e. The number of rotatable bonds is 2. The third-order valence-corrected chi connectivity index (χ3v) is 5.66. The molecule has 1 saturated carbocycles. The molecule has 2 aliphatic carbocycles. The normalized spacial score (nSPS) is 54.6. The summed E-state index contributed by atoms with van der Waals surface area (Å²) in [7, 11) is -3.08. The first-order valence-electron chi connectivity index (χ1n) is 13.3. The molecule has 0 radical (unpaired) electrons. The van der Waals surface area contributed by atoms with E-state index in [0.29, 0.717) is 0 Å². The van der Waals surface area contributed by atoms with Gasteiger partial charge in [-0.1, -0.05) is 6.04 Å². The summed E-state index contributed by atoms with van der Waals surface area (Å²) in [5, 5.41) is 5.19. The second kappa shape index (κ2) is 4.08.